The van der Waals surface area contributed by atoms with Crippen LogP contribution in [0.2, 0.25) is 0 Å². The molecule has 7 nitrogen and oxygen atoms in total. The number of rotatable bonds is 5. The molecule has 0 radical (unpaired) electrons. The molecule has 3 N–H and O–H groups in total. The first-order chi connectivity index (χ1) is 17.6. The number of carbonyl (C=O) groups is 1. The largest absolute Gasteiger partial charge is 0.353 e. The normalized spacial score (nSPS) is 11.3. The van der Waals surface area contributed by atoms with Gasteiger partial charge < -0.3 is 10.3 Å². The second kappa shape index (κ2) is 8.74. The van der Waals surface area contributed by atoms with E-state index in [1.54, 1.807) is 31.5 Å². The minimum Gasteiger partial charge on any atom is -0.353 e. The fraction of sp³-hybridized carbons (Fsp3) is 0.0714. The standard InChI is InChI=1S/C28H21FN6O/c1-2-26(36)31-19-12-17(14-30-15-19)22-10-11-24-27(33-22)28(35-34-24)25-13-21-20(4-3-5-23(21)32-25)16-6-8-18(29)9-7-16/h3-15,32H,2H2,1H3,(H,31,36)(H,34,35). The van der Waals surface area contributed by atoms with Gasteiger partial charge in [0.05, 0.1) is 28.8 Å². The Balaban J connectivity index is 1.42. The number of pyridine rings is 2. The van der Waals surface area contributed by atoms with Crippen molar-refractivity contribution in [3.63, 3.8) is 0 Å². The van der Waals surface area contributed by atoms with Crippen molar-refractivity contribution in [2.75, 3.05) is 5.32 Å². The van der Waals surface area contributed by atoms with Crippen LogP contribution in [0.25, 0.3) is 55.7 Å². The van der Waals surface area contributed by atoms with Gasteiger partial charge in [0.2, 0.25) is 5.91 Å². The monoisotopic (exact) mass is 476 g/mol. The Bertz CT molecular complexity index is 1740. The van der Waals surface area contributed by atoms with Crippen LogP contribution in [-0.4, -0.2) is 31.1 Å². The third kappa shape index (κ3) is 3.88. The first kappa shape index (κ1) is 21.7. The van der Waals surface area contributed by atoms with E-state index in [4.69, 9.17) is 4.98 Å². The van der Waals surface area contributed by atoms with Gasteiger partial charge in [0.15, 0.2) is 0 Å². The van der Waals surface area contributed by atoms with E-state index in [1.807, 2.05) is 42.5 Å². The van der Waals surface area contributed by atoms with Gasteiger partial charge >= 0.3 is 0 Å². The third-order valence-electron chi connectivity index (χ3n) is 6.12. The summed E-state index contributed by atoms with van der Waals surface area (Å²) in [6.07, 6.45) is 3.72. The average molecular weight is 477 g/mol. The van der Waals surface area contributed by atoms with Crippen molar-refractivity contribution >= 4 is 33.5 Å². The highest BCUT2D eigenvalue weighted by Gasteiger charge is 2.16. The summed E-state index contributed by atoms with van der Waals surface area (Å²) in [5, 5.41) is 11.4. The number of halogens is 1. The molecule has 8 heteroatoms. The molecule has 4 heterocycles. The Labute approximate surface area is 205 Å². The van der Waals surface area contributed by atoms with E-state index in [2.05, 4.69) is 25.5 Å². The lowest BCUT2D eigenvalue weighted by Crippen LogP contribution is -2.09. The quantitative estimate of drug-likeness (QED) is 0.271. The first-order valence-electron chi connectivity index (χ1n) is 11.6. The van der Waals surface area contributed by atoms with Crippen LogP contribution < -0.4 is 5.32 Å². The Hall–Kier alpha value is -4.85. The fourth-order valence-corrected chi connectivity index (χ4v) is 4.31. The minimum absolute atomic E-state index is 0.0756. The summed E-state index contributed by atoms with van der Waals surface area (Å²) >= 11 is 0. The van der Waals surface area contributed by atoms with E-state index in [9.17, 15) is 9.18 Å². The molecule has 0 aliphatic heterocycles. The molecule has 36 heavy (non-hydrogen) atoms. The van der Waals surface area contributed by atoms with E-state index in [0.717, 1.165) is 38.8 Å². The van der Waals surface area contributed by atoms with Gasteiger partial charge in [0.25, 0.3) is 0 Å². The van der Waals surface area contributed by atoms with Gasteiger partial charge in [-0.2, -0.15) is 5.10 Å². The smallest absolute Gasteiger partial charge is 0.224 e. The molecule has 6 aromatic rings. The van der Waals surface area contributed by atoms with E-state index in [-0.39, 0.29) is 11.7 Å². The van der Waals surface area contributed by atoms with Gasteiger partial charge in [-0.1, -0.05) is 31.2 Å². The van der Waals surface area contributed by atoms with Crippen LogP contribution in [0.15, 0.2) is 79.1 Å². The summed E-state index contributed by atoms with van der Waals surface area (Å²) < 4.78 is 13.5. The highest BCUT2D eigenvalue weighted by molar-refractivity contribution is 6.00. The number of H-pyrrole nitrogens is 2. The van der Waals surface area contributed by atoms with Crippen LogP contribution in [0.3, 0.4) is 0 Å². The molecule has 0 saturated carbocycles. The zero-order valence-corrected chi connectivity index (χ0v) is 19.3. The second-order valence-corrected chi connectivity index (χ2v) is 8.49. The number of benzene rings is 2. The predicted octanol–water partition coefficient (Wildman–Crippen LogP) is 6.32. The molecule has 0 fully saturated rings. The summed E-state index contributed by atoms with van der Waals surface area (Å²) in [7, 11) is 0. The number of nitrogens with one attached hydrogen (secondary N) is 3. The number of hydrogen-bond donors (Lipinski definition) is 3. The lowest BCUT2D eigenvalue weighted by molar-refractivity contribution is -0.115. The van der Waals surface area contributed by atoms with Crippen molar-refractivity contribution in [2.24, 2.45) is 0 Å². The Morgan fingerprint density at radius 2 is 1.83 bits per heavy atom. The van der Waals surface area contributed by atoms with Crippen LogP contribution in [0.5, 0.6) is 0 Å². The topological polar surface area (TPSA) is 99.4 Å². The average Bonchev–Trinajstić information content (AvgIpc) is 3.53. The molecule has 0 saturated heterocycles. The molecule has 6 rings (SSSR count). The van der Waals surface area contributed by atoms with Crippen molar-refractivity contribution in [1.29, 1.82) is 0 Å². The number of carbonyl (C=O) groups excluding carboxylic acids is 1. The molecule has 0 unspecified atom stereocenters. The molecule has 0 spiro atoms. The molecule has 176 valence electrons. The highest BCUT2D eigenvalue weighted by atomic mass is 19.1. The molecular formula is C28H21FN6O. The molecule has 0 aliphatic rings. The van der Waals surface area contributed by atoms with Gasteiger partial charge in [-0.25, -0.2) is 9.37 Å². The third-order valence-corrected chi connectivity index (χ3v) is 6.12. The maximum Gasteiger partial charge on any atom is 0.224 e. The molecule has 2 aromatic carbocycles. The summed E-state index contributed by atoms with van der Waals surface area (Å²) in [6.45, 7) is 1.80. The summed E-state index contributed by atoms with van der Waals surface area (Å²) in [5.41, 5.74) is 8.03. The van der Waals surface area contributed by atoms with Crippen molar-refractivity contribution in [3.05, 3.63) is 84.9 Å². The molecule has 0 bridgehead atoms. The van der Waals surface area contributed by atoms with Crippen molar-refractivity contribution < 1.29 is 9.18 Å². The lowest BCUT2D eigenvalue weighted by Gasteiger charge is -2.06. The SMILES string of the molecule is CCC(=O)Nc1cncc(-c2ccc3[nH]nc(-c4cc5c(-c6ccc(F)cc6)cccc5[nH]4)c3n2)c1. The van der Waals surface area contributed by atoms with Crippen LogP contribution >= 0.6 is 0 Å². The van der Waals surface area contributed by atoms with E-state index in [0.29, 0.717) is 29.0 Å². The zero-order chi connectivity index (χ0) is 24.6. The molecule has 4 aromatic heterocycles. The Morgan fingerprint density at radius 1 is 0.972 bits per heavy atom. The first-order valence-corrected chi connectivity index (χ1v) is 11.6. The maximum absolute atomic E-state index is 13.5. The number of anilines is 1. The van der Waals surface area contributed by atoms with Gasteiger partial charge in [-0.15, -0.1) is 0 Å². The lowest BCUT2D eigenvalue weighted by atomic mass is 10.0. The number of nitrogens with zero attached hydrogens (tertiary/aromatic N) is 3. The number of hydrogen-bond acceptors (Lipinski definition) is 4. The Kier molecular flexibility index (Phi) is 5.26. The number of amides is 1. The summed E-state index contributed by atoms with van der Waals surface area (Å²) in [5.74, 6) is -0.340. The van der Waals surface area contributed by atoms with Crippen molar-refractivity contribution in [3.8, 4) is 33.8 Å². The molecule has 0 aliphatic carbocycles. The molecule has 0 atom stereocenters. The van der Waals surface area contributed by atoms with E-state index in [1.165, 1.54) is 12.1 Å². The molecular weight excluding hydrogens is 455 g/mol. The predicted molar refractivity (Wildman–Crippen MR) is 139 cm³/mol. The number of aromatic amines is 2. The Morgan fingerprint density at radius 3 is 2.67 bits per heavy atom. The van der Waals surface area contributed by atoms with Crippen molar-refractivity contribution in [1.82, 2.24) is 25.1 Å². The van der Waals surface area contributed by atoms with Gasteiger partial charge in [0, 0.05) is 29.1 Å². The minimum atomic E-state index is -0.265. The number of fused-ring (bicyclic) bond motifs is 2. The van der Waals surface area contributed by atoms with Crippen molar-refractivity contribution in [2.45, 2.75) is 13.3 Å². The summed E-state index contributed by atoms with van der Waals surface area (Å²) in [4.78, 5) is 24.4. The van der Waals surface area contributed by atoms with E-state index < -0.39 is 0 Å². The van der Waals surface area contributed by atoms with Crippen LogP contribution in [-0.2, 0) is 4.79 Å². The van der Waals surface area contributed by atoms with Gasteiger partial charge in [-0.05, 0) is 53.6 Å². The highest BCUT2D eigenvalue weighted by Crippen LogP contribution is 2.34. The van der Waals surface area contributed by atoms with Crippen LogP contribution in [0.1, 0.15) is 13.3 Å². The summed E-state index contributed by atoms with van der Waals surface area (Å²) in [6, 6.07) is 20.2. The number of aromatic nitrogens is 5. The maximum atomic E-state index is 13.5. The van der Waals surface area contributed by atoms with Gasteiger partial charge in [-0.3, -0.25) is 14.9 Å². The fourth-order valence-electron chi connectivity index (χ4n) is 4.31. The van der Waals surface area contributed by atoms with Crippen LogP contribution in [0.4, 0.5) is 10.1 Å². The molecule has 1 amide bonds. The second-order valence-electron chi connectivity index (χ2n) is 8.49. The van der Waals surface area contributed by atoms with Gasteiger partial charge in [0.1, 0.15) is 17.0 Å². The van der Waals surface area contributed by atoms with E-state index >= 15 is 0 Å². The zero-order valence-electron chi connectivity index (χ0n) is 19.3. The van der Waals surface area contributed by atoms with Crippen LogP contribution in [0, 0.1) is 5.82 Å².